The lowest BCUT2D eigenvalue weighted by molar-refractivity contribution is 0.0180. The van der Waals surface area contributed by atoms with Crippen molar-refractivity contribution in [3.05, 3.63) is 65.2 Å². The van der Waals surface area contributed by atoms with Crippen LogP contribution >= 0.6 is 11.6 Å². The zero-order valence-electron chi connectivity index (χ0n) is 14.1. The highest BCUT2D eigenvalue weighted by molar-refractivity contribution is 6.30. The molecular formula is C19H23ClN4O. The predicted octanol–water partition coefficient (Wildman–Crippen LogP) is 3.14. The van der Waals surface area contributed by atoms with E-state index < -0.39 is 0 Å². The predicted molar refractivity (Wildman–Crippen MR) is 103 cm³/mol. The monoisotopic (exact) mass is 358 g/mol. The number of ether oxygens (including phenoxy) is 1. The number of guanidine groups is 1. The van der Waals surface area contributed by atoms with E-state index in [9.17, 15) is 0 Å². The Bertz CT molecular complexity index is 702. The van der Waals surface area contributed by atoms with Crippen molar-refractivity contribution in [1.82, 2.24) is 4.90 Å². The van der Waals surface area contributed by atoms with Gasteiger partial charge in [-0.15, -0.1) is 0 Å². The molecule has 2 aromatic rings. The molecule has 1 heterocycles. The van der Waals surface area contributed by atoms with E-state index in [0.717, 1.165) is 42.6 Å². The van der Waals surface area contributed by atoms with Gasteiger partial charge in [-0.3, -0.25) is 9.89 Å². The number of hydrogen-bond donors (Lipinski definition) is 2. The lowest BCUT2D eigenvalue weighted by Crippen LogP contribution is -2.40. The van der Waals surface area contributed by atoms with Crippen LogP contribution in [0, 0.1) is 0 Å². The summed E-state index contributed by atoms with van der Waals surface area (Å²) >= 11 is 6.18. The quantitative estimate of drug-likeness (QED) is 0.636. The summed E-state index contributed by atoms with van der Waals surface area (Å²) in [7, 11) is 0. The van der Waals surface area contributed by atoms with Crippen LogP contribution in [0.1, 0.15) is 11.6 Å². The van der Waals surface area contributed by atoms with Gasteiger partial charge in [0.2, 0.25) is 0 Å². The van der Waals surface area contributed by atoms with E-state index >= 15 is 0 Å². The number of benzene rings is 2. The van der Waals surface area contributed by atoms with Crippen molar-refractivity contribution in [2.45, 2.75) is 6.04 Å². The molecule has 0 radical (unpaired) electrons. The van der Waals surface area contributed by atoms with Crippen molar-refractivity contribution in [3.8, 4) is 0 Å². The minimum Gasteiger partial charge on any atom is -0.379 e. The standard InChI is InChI=1S/C19H23ClN4O/c20-16-6-4-5-15(13-16)18(24-9-11-25-12-10-24)14-22-19(21)23-17-7-2-1-3-8-17/h1-8,13,18H,9-12,14H2,(H3,21,22,23). The van der Waals surface area contributed by atoms with Crippen LogP contribution in [0.5, 0.6) is 0 Å². The number of hydrogen-bond acceptors (Lipinski definition) is 3. The highest BCUT2D eigenvalue weighted by Gasteiger charge is 2.22. The second-order valence-electron chi connectivity index (χ2n) is 5.94. The molecule has 1 fully saturated rings. The van der Waals surface area contributed by atoms with Crippen LogP contribution in [0.25, 0.3) is 0 Å². The normalized spacial score (nSPS) is 17.2. The molecule has 3 N–H and O–H groups in total. The van der Waals surface area contributed by atoms with Gasteiger partial charge in [-0.05, 0) is 29.8 Å². The molecule has 1 aliphatic heterocycles. The Morgan fingerprint density at radius 1 is 1.16 bits per heavy atom. The summed E-state index contributed by atoms with van der Waals surface area (Å²) in [6.07, 6.45) is 0. The van der Waals surface area contributed by atoms with Gasteiger partial charge in [0.15, 0.2) is 5.96 Å². The lowest BCUT2D eigenvalue weighted by Gasteiger charge is -2.34. The molecule has 0 aliphatic carbocycles. The van der Waals surface area contributed by atoms with E-state index in [2.05, 4.69) is 21.3 Å². The third kappa shape index (κ3) is 5.19. The number of para-hydroxylation sites is 1. The van der Waals surface area contributed by atoms with Crippen molar-refractivity contribution < 1.29 is 4.74 Å². The van der Waals surface area contributed by atoms with Crippen molar-refractivity contribution in [2.75, 3.05) is 38.2 Å². The summed E-state index contributed by atoms with van der Waals surface area (Å²) in [4.78, 5) is 6.93. The summed E-state index contributed by atoms with van der Waals surface area (Å²) in [6.45, 7) is 3.78. The molecule has 5 nitrogen and oxygen atoms in total. The fraction of sp³-hybridized carbons (Fsp3) is 0.316. The van der Waals surface area contributed by atoms with Crippen LogP contribution in [0.15, 0.2) is 59.6 Å². The van der Waals surface area contributed by atoms with Crippen molar-refractivity contribution in [3.63, 3.8) is 0 Å². The number of anilines is 1. The number of nitrogens with zero attached hydrogens (tertiary/aromatic N) is 2. The summed E-state index contributed by atoms with van der Waals surface area (Å²) in [5.41, 5.74) is 8.13. The molecule has 0 bridgehead atoms. The highest BCUT2D eigenvalue weighted by atomic mass is 35.5. The Morgan fingerprint density at radius 2 is 1.92 bits per heavy atom. The molecule has 6 heteroatoms. The summed E-state index contributed by atoms with van der Waals surface area (Å²) < 4.78 is 5.47. The maximum Gasteiger partial charge on any atom is 0.193 e. The van der Waals surface area contributed by atoms with Crippen LogP contribution in [-0.4, -0.2) is 43.7 Å². The lowest BCUT2D eigenvalue weighted by atomic mass is 10.0. The molecule has 0 spiro atoms. The van der Waals surface area contributed by atoms with Gasteiger partial charge in [-0.2, -0.15) is 0 Å². The van der Waals surface area contributed by atoms with Crippen LogP contribution < -0.4 is 11.1 Å². The first-order chi connectivity index (χ1) is 12.2. The summed E-state index contributed by atoms with van der Waals surface area (Å²) in [5, 5.41) is 3.85. The molecule has 0 aromatic heterocycles. The fourth-order valence-corrected chi connectivity index (χ4v) is 3.13. The van der Waals surface area contributed by atoms with E-state index in [1.165, 1.54) is 0 Å². The Balaban J connectivity index is 1.73. The van der Waals surface area contributed by atoms with Gasteiger partial charge in [0.1, 0.15) is 0 Å². The fourth-order valence-electron chi connectivity index (χ4n) is 2.93. The molecule has 0 amide bonds. The molecule has 132 valence electrons. The summed E-state index contributed by atoms with van der Waals surface area (Å²) in [6, 6.07) is 17.9. The summed E-state index contributed by atoms with van der Waals surface area (Å²) in [5.74, 6) is 0.409. The molecule has 1 atom stereocenters. The molecular weight excluding hydrogens is 336 g/mol. The van der Waals surface area contributed by atoms with Gasteiger partial charge >= 0.3 is 0 Å². The van der Waals surface area contributed by atoms with Crippen LogP contribution in [-0.2, 0) is 4.74 Å². The number of halogens is 1. The second-order valence-corrected chi connectivity index (χ2v) is 6.37. The first-order valence-corrected chi connectivity index (χ1v) is 8.79. The molecule has 2 aromatic carbocycles. The zero-order chi connectivity index (χ0) is 17.5. The number of morpholine rings is 1. The minimum absolute atomic E-state index is 0.124. The maximum atomic E-state index is 6.18. The van der Waals surface area contributed by atoms with Gasteiger partial charge in [0, 0.05) is 23.8 Å². The van der Waals surface area contributed by atoms with Gasteiger partial charge in [-0.1, -0.05) is 41.9 Å². The molecule has 0 saturated carbocycles. The molecule has 25 heavy (non-hydrogen) atoms. The van der Waals surface area contributed by atoms with E-state index in [4.69, 9.17) is 22.1 Å². The van der Waals surface area contributed by atoms with Gasteiger partial charge in [0.05, 0.1) is 25.8 Å². The molecule has 3 rings (SSSR count). The second kappa shape index (κ2) is 8.85. The molecule has 1 saturated heterocycles. The van der Waals surface area contributed by atoms with E-state index in [1.54, 1.807) is 0 Å². The Kier molecular flexibility index (Phi) is 6.28. The number of nitrogens with one attached hydrogen (secondary N) is 1. The third-order valence-electron chi connectivity index (χ3n) is 4.20. The maximum absolute atomic E-state index is 6.18. The first-order valence-electron chi connectivity index (χ1n) is 8.41. The van der Waals surface area contributed by atoms with Gasteiger partial charge in [0.25, 0.3) is 0 Å². The highest BCUT2D eigenvalue weighted by Crippen LogP contribution is 2.24. The number of nitrogens with two attached hydrogens (primary N) is 1. The van der Waals surface area contributed by atoms with Crippen LogP contribution in [0.3, 0.4) is 0 Å². The van der Waals surface area contributed by atoms with Crippen LogP contribution in [0.4, 0.5) is 5.69 Å². The Labute approximate surface area is 153 Å². The SMILES string of the molecule is NC(=NCC(c1cccc(Cl)c1)N1CCOCC1)Nc1ccccc1. The third-order valence-corrected chi connectivity index (χ3v) is 4.44. The topological polar surface area (TPSA) is 62.9 Å². The average Bonchev–Trinajstić information content (AvgIpc) is 2.64. The van der Waals surface area contributed by atoms with Gasteiger partial charge < -0.3 is 15.8 Å². The smallest absolute Gasteiger partial charge is 0.193 e. The molecule has 1 aliphatic rings. The Morgan fingerprint density at radius 3 is 2.64 bits per heavy atom. The van der Waals surface area contributed by atoms with Crippen molar-refractivity contribution in [1.29, 1.82) is 0 Å². The van der Waals surface area contributed by atoms with Crippen molar-refractivity contribution >= 4 is 23.2 Å². The largest absolute Gasteiger partial charge is 0.379 e. The van der Waals surface area contributed by atoms with E-state index in [1.807, 2.05) is 48.5 Å². The zero-order valence-corrected chi connectivity index (χ0v) is 14.8. The minimum atomic E-state index is 0.124. The Hall–Kier alpha value is -2.08. The average molecular weight is 359 g/mol. The van der Waals surface area contributed by atoms with Gasteiger partial charge in [-0.25, -0.2) is 0 Å². The number of rotatable bonds is 5. The van der Waals surface area contributed by atoms with E-state index in [0.29, 0.717) is 12.5 Å². The first kappa shape index (κ1) is 17.7. The number of aliphatic imine (C=N–C) groups is 1. The van der Waals surface area contributed by atoms with E-state index in [-0.39, 0.29) is 6.04 Å². The van der Waals surface area contributed by atoms with Crippen molar-refractivity contribution in [2.24, 2.45) is 10.7 Å². The van der Waals surface area contributed by atoms with Crippen LogP contribution in [0.2, 0.25) is 5.02 Å². The molecule has 1 unspecified atom stereocenters.